The maximum absolute atomic E-state index is 11.8. The smallest absolute Gasteiger partial charge is 0.286 e. The van der Waals surface area contributed by atoms with Crippen molar-refractivity contribution in [1.82, 2.24) is 20.2 Å². The first kappa shape index (κ1) is 18.7. The fraction of sp³-hybridized carbons (Fsp3) is 0.238. The summed E-state index contributed by atoms with van der Waals surface area (Å²) in [4.78, 5) is 9.16. The summed E-state index contributed by atoms with van der Waals surface area (Å²) in [6, 6.07) is 15.1. The highest BCUT2D eigenvalue weighted by Gasteiger charge is 2.28. The quantitative estimate of drug-likeness (QED) is 0.535. The molecule has 30 heavy (non-hydrogen) atoms. The highest BCUT2D eigenvalue weighted by atomic mass is 32.2. The van der Waals surface area contributed by atoms with Crippen LogP contribution in [-0.4, -0.2) is 46.1 Å². The number of anilines is 1. The third-order valence-corrected chi connectivity index (χ3v) is 6.83. The highest BCUT2D eigenvalue weighted by molar-refractivity contribution is 7.91. The number of aromatic nitrogens is 4. The monoisotopic (exact) mass is 421 g/mol. The van der Waals surface area contributed by atoms with Gasteiger partial charge in [-0.1, -0.05) is 29.8 Å². The molecule has 0 aliphatic carbocycles. The normalized spacial score (nSPS) is 18.0. The van der Waals surface area contributed by atoms with Crippen molar-refractivity contribution in [1.29, 1.82) is 0 Å². The molecule has 4 aromatic rings. The molecule has 1 fully saturated rings. The zero-order valence-corrected chi connectivity index (χ0v) is 17.1. The molecule has 1 N–H and O–H groups in total. The predicted molar refractivity (Wildman–Crippen MR) is 114 cm³/mol. The largest absolute Gasteiger partial charge is 0.413 e. The lowest BCUT2D eigenvalue weighted by Gasteiger charge is -2.14. The minimum atomic E-state index is -3.01. The van der Waals surface area contributed by atoms with Gasteiger partial charge in [-0.05, 0) is 37.6 Å². The fourth-order valence-electron chi connectivity index (χ4n) is 3.59. The summed E-state index contributed by atoms with van der Waals surface area (Å²) in [6.45, 7) is 1.99. The molecule has 1 saturated heterocycles. The fourth-order valence-corrected chi connectivity index (χ4v) is 5.27. The van der Waals surface area contributed by atoms with Crippen LogP contribution in [0.3, 0.4) is 0 Å². The van der Waals surface area contributed by atoms with Crippen LogP contribution < -0.4 is 5.32 Å². The minimum Gasteiger partial charge on any atom is -0.413 e. The van der Waals surface area contributed by atoms with Gasteiger partial charge in [0.15, 0.2) is 9.84 Å². The van der Waals surface area contributed by atoms with Crippen LogP contribution in [0.25, 0.3) is 34.1 Å². The molecular formula is C21H19N5O3S. The number of sulfone groups is 1. The van der Waals surface area contributed by atoms with E-state index in [-0.39, 0.29) is 23.4 Å². The summed E-state index contributed by atoms with van der Waals surface area (Å²) < 4.78 is 29.5. The molecule has 0 amide bonds. The molecule has 9 heteroatoms. The van der Waals surface area contributed by atoms with Gasteiger partial charge in [0.2, 0.25) is 11.7 Å². The van der Waals surface area contributed by atoms with E-state index in [2.05, 4.69) is 25.5 Å². The number of nitrogens with zero attached hydrogens (tertiary/aromatic N) is 4. The zero-order chi connectivity index (χ0) is 20.7. The van der Waals surface area contributed by atoms with E-state index < -0.39 is 9.84 Å². The number of nitrogens with one attached hydrogen (secondary N) is 1. The molecule has 8 nitrogen and oxygen atoms in total. The van der Waals surface area contributed by atoms with Gasteiger partial charge in [0.25, 0.3) is 5.89 Å². The Morgan fingerprint density at radius 3 is 2.67 bits per heavy atom. The average Bonchev–Trinajstić information content (AvgIpc) is 3.34. The number of rotatable bonds is 4. The number of benzene rings is 2. The van der Waals surface area contributed by atoms with E-state index in [0.717, 1.165) is 16.5 Å². The van der Waals surface area contributed by atoms with Crippen molar-refractivity contribution in [3.8, 4) is 23.2 Å². The van der Waals surface area contributed by atoms with E-state index in [1.807, 2.05) is 55.5 Å². The summed E-state index contributed by atoms with van der Waals surface area (Å²) in [5.74, 6) is 1.74. The minimum absolute atomic E-state index is 0.0960. The van der Waals surface area contributed by atoms with Crippen molar-refractivity contribution in [3.05, 3.63) is 54.1 Å². The molecule has 1 aliphatic rings. The highest BCUT2D eigenvalue weighted by Crippen LogP contribution is 2.28. The van der Waals surface area contributed by atoms with Crippen molar-refractivity contribution >= 4 is 26.6 Å². The van der Waals surface area contributed by atoms with E-state index in [1.54, 1.807) is 0 Å². The van der Waals surface area contributed by atoms with Gasteiger partial charge in [0, 0.05) is 17.0 Å². The topological polar surface area (TPSA) is 111 Å². The van der Waals surface area contributed by atoms with Gasteiger partial charge >= 0.3 is 0 Å². The maximum atomic E-state index is 11.8. The van der Waals surface area contributed by atoms with Crippen molar-refractivity contribution in [3.63, 3.8) is 0 Å². The third kappa shape index (κ3) is 3.63. The van der Waals surface area contributed by atoms with Crippen LogP contribution in [0.15, 0.2) is 52.9 Å². The molecule has 0 radical (unpaired) electrons. The van der Waals surface area contributed by atoms with E-state index in [1.165, 1.54) is 0 Å². The molecule has 0 saturated carbocycles. The van der Waals surface area contributed by atoms with Crippen LogP contribution in [-0.2, 0) is 9.84 Å². The van der Waals surface area contributed by atoms with Crippen LogP contribution in [0.1, 0.15) is 12.0 Å². The number of para-hydroxylation sites is 1. The van der Waals surface area contributed by atoms with Crippen LogP contribution in [0, 0.1) is 6.92 Å². The summed E-state index contributed by atoms with van der Waals surface area (Å²) >= 11 is 0. The molecule has 2 aromatic heterocycles. The first-order valence-corrected chi connectivity index (χ1v) is 11.4. The second-order valence-electron chi connectivity index (χ2n) is 7.44. The SMILES string of the molecule is Cc1cccc(-c2nnc(-c3nc(NC4CCS(=O)(=O)C4)c4ccccc4n3)o2)c1. The lowest BCUT2D eigenvalue weighted by molar-refractivity contribution is 0.579. The second-order valence-corrected chi connectivity index (χ2v) is 9.67. The lowest BCUT2D eigenvalue weighted by atomic mass is 10.1. The van der Waals surface area contributed by atoms with Crippen LogP contribution in [0.5, 0.6) is 0 Å². The van der Waals surface area contributed by atoms with Gasteiger partial charge in [-0.15, -0.1) is 10.2 Å². The van der Waals surface area contributed by atoms with Crippen LogP contribution >= 0.6 is 0 Å². The molecule has 3 heterocycles. The molecule has 1 aliphatic heterocycles. The predicted octanol–water partition coefficient (Wildman–Crippen LogP) is 3.25. The van der Waals surface area contributed by atoms with E-state index in [0.29, 0.717) is 29.5 Å². The zero-order valence-electron chi connectivity index (χ0n) is 16.2. The van der Waals surface area contributed by atoms with Gasteiger partial charge in [-0.25, -0.2) is 18.4 Å². The maximum Gasteiger partial charge on any atom is 0.286 e. The molecule has 1 atom stereocenters. The first-order valence-electron chi connectivity index (χ1n) is 9.61. The standard InChI is InChI=1S/C21H19N5O3S/c1-13-5-4-6-14(11-13)20-25-26-21(29-20)19-23-17-8-3-2-7-16(17)18(24-19)22-15-9-10-30(27,28)12-15/h2-8,11,15H,9-10,12H2,1H3,(H,22,23,24). The van der Waals surface area contributed by atoms with Gasteiger partial charge in [0.1, 0.15) is 5.82 Å². The molecule has 152 valence electrons. The third-order valence-electron chi connectivity index (χ3n) is 5.06. The summed E-state index contributed by atoms with van der Waals surface area (Å²) in [7, 11) is -3.01. The Labute approximate surface area is 173 Å². The van der Waals surface area contributed by atoms with Gasteiger partial charge in [-0.3, -0.25) is 0 Å². The summed E-state index contributed by atoms with van der Waals surface area (Å²) in [5.41, 5.74) is 2.62. The molecule has 2 aromatic carbocycles. The molecule has 0 bridgehead atoms. The van der Waals surface area contributed by atoms with Crippen molar-refractivity contribution in [2.45, 2.75) is 19.4 Å². The van der Waals surface area contributed by atoms with Crippen LogP contribution in [0.4, 0.5) is 5.82 Å². The Morgan fingerprint density at radius 2 is 1.87 bits per heavy atom. The number of fused-ring (bicyclic) bond motifs is 1. The average molecular weight is 421 g/mol. The van der Waals surface area contributed by atoms with Gasteiger partial charge in [-0.2, -0.15) is 0 Å². The van der Waals surface area contributed by atoms with Crippen molar-refractivity contribution in [2.75, 3.05) is 16.8 Å². The molecule has 1 unspecified atom stereocenters. The van der Waals surface area contributed by atoms with E-state index in [9.17, 15) is 8.42 Å². The van der Waals surface area contributed by atoms with E-state index >= 15 is 0 Å². The number of hydrogen-bond donors (Lipinski definition) is 1. The van der Waals surface area contributed by atoms with Crippen molar-refractivity contribution in [2.24, 2.45) is 0 Å². The first-order chi connectivity index (χ1) is 14.5. The Bertz CT molecular complexity index is 1350. The Kier molecular flexibility index (Phi) is 4.47. The summed E-state index contributed by atoms with van der Waals surface area (Å²) in [6.07, 6.45) is 0.550. The Balaban J connectivity index is 1.54. The van der Waals surface area contributed by atoms with Crippen LogP contribution in [0.2, 0.25) is 0 Å². The lowest BCUT2D eigenvalue weighted by Crippen LogP contribution is -2.21. The molecular weight excluding hydrogens is 402 g/mol. The van der Waals surface area contributed by atoms with Gasteiger partial charge < -0.3 is 9.73 Å². The second kappa shape index (κ2) is 7.17. The van der Waals surface area contributed by atoms with Gasteiger partial charge in [0.05, 0.1) is 17.0 Å². The number of aryl methyl sites for hydroxylation is 1. The molecule has 0 spiro atoms. The Hall–Kier alpha value is -3.33. The number of hydrogen-bond acceptors (Lipinski definition) is 8. The van der Waals surface area contributed by atoms with Crippen molar-refractivity contribution < 1.29 is 12.8 Å². The summed E-state index contributed by atoms with van der Waals surface area (Å²) in [5, 5.41) is 12.4. The van der Waals surface area contributed by atoms with E-state index in [4.69, 9.17) is 4.42 Å². The Morgan fingerprint density at radius 1 is 1.03 bits per heavy atom. The molecule has 5 rings (SSSR count).